The van der Waals surface area contributed by atoms with Gasteiger partial charge in [0.15, 0.2) is 0 Å². The Morgan fingerprint density at radius 3 is 2.47 bits per heavy atom. The number of nitrogens with one attached hydrogen (secondary N) is 2. The van der Waals surface area contributed by atoms with E-state index in [1.165, 1.54) is 0 Å². The smallest absolute Gasteiger partial charge is 0.314 e. The van der Waals surface area contributed by atoms with Gasteiger partial charge in [-0.3, -0.25) is 4.79 Å². The summed E-state index contributed by atoms with van der Waals surface area (Å²) in [6, 6.07) is -0.279. The molecule has 0 aliphatic heterocycles. The van der Waals surface area contributed by atoms with Crippen LogP contribution < -0.4 is 10.6 Å². The lowest BCUT2D eigenvalue weighted by molar-refractivity contribution is -0.136. The van der Waals surface area contributed by atoms with Gasteiger partial charge in [-0.05, 0) is 17.8 Å². The van der Waals surface area contributed by atoms with Gasteiger partial charge in [-0.1, -0.05) is 13.8 Å². The van der Waals surface area contributed by atoms with Crippen LogP contribution in [-0.4, -0.2) is 30.2 Å². The topological polar surface area (TPSA) is 78.4 Å². The quantitative estimate of drug-likeness (QED) is 0.633. The lowest BCUT2D eigenvalue weighted by Gasteiger charge is -2.07. The maximum Gasteiger partial charge on any atom is 0.314 e. The number of aliphatic carboxylic acids is 1. The van der Waals surface area contributed by atoms with E-state index >= 15 is 0 Å². The molecule has 0 radical (unpaired) electrons. The predicted molar refractivity (Wildman–Crippen MR) is 55.5 cm³/mol. The molecular weight excluding hydrogens is 196 g/mol. The van der Waals surface area contributed by atoms with Crippen LogP contribution in [0.3, 0.4) is 0 Å². The van der Waals surface area contributed by atoms with Gasteiger partial charge < -0.3 is 15.7 Å². The van der Waals surface area contributed by atoms with Crippen LogP contribution in [0.15, 0.2) is 0 Å². The molecule has 5 heteroatoms. The van der Waals surface area contributed by atoms with Crippen molar-refractivity contribution in [3.05, 3.63) is 0 Å². The number of carboxylic acid groups (broad SMARTS) is 1. The van der Waals surface area contributed by atoms with Gasteiger partial charge in [0.05, 0.1) is 6.42 Å². The Balaban J connectivity index is 2.02. The summed E-state index contributed by atoms with van der Waals surface area (Å²) in [7, 11) is 0. The Bertz CT molecular complexity index is 263. The fraction of sp³-hybridized carbons (Fsp3) is 0.800. The van der Waals surface area contributed by atoms with E-state index in [0.717, 1.165) is 6.42 Å². The molecule has 1 fully saturated rings. The van der Waals surface area contributed by atoms with Gasteiger partial charge in [0, 0.05) is 13.1 Å². The fourth-order valence-corrected chi connectivity index (χ4v) is 1.49. The summed E-state index contributed by atoms with van der Waals surface area (Å²) in [6.07, 6.45) is 1.10. The molecule has 0 aromatic carbocycles. The van der Waals surface area contributed by atoms with E-state index in [0.29, 0.717) is 17.9 Å². The first-order valence-electron chi connectivity index (χ1n) is 5.15. The van der Waals surface area contributed by atoms with Gasteiger partial charge in [0.2, 0.25) is 0 Å². The van der Waals surface area contributed by atoms with E-state index in [1.807, 2.05) is 0 Å². The molecule has 0 aromatic rings. The number of carboxylic acids is 1. The minimum atomic E-state index is -0.904. The molecule has 2 amide bonds. The van der Waals surface area contributed by atoms with Crippen molar-refractivity contribution in [1.82, 2.24) is 10.6 Å². The number of hydrogen-bond acceptors (Lipinski definition) is 2. The Kier molecular flexibility index (Phi) is 3.55. The molecule has 1 atom stereocenters. The molecule has 0 saturated heterocycles. The summed E-state index contributed by atoms with van der Waals surface area (Å²) < 4.78 is 0. The van der Waals surface area contributed by atoms with Crippen LogP contribution in [0.5, 0.6) is 0 Å². The van der Waals surface area contributed by atoms with E-state index < -0.39 is 5.97 Å². The van der Waals surface area contributed by atoms with Crippen LogP contribution in [0.1, 0.15) is 26.7 Å². The van der Waals surface area contributed by atoms with Gasteiger partial charge in [-0.25, -0.2) is 4.79 Å². The van der Waals surface area contributed by atoms with Gasteiger partial charge in [0.1, 0.15) is 0 Å². The monoisotopic (exact) mass is 214 g/mol. The Labute approximate surface area is 89.2 Å². The molecule has 0 bridgehead atoms. The highest BCUT2D eigenvalue weighted by Gasteiger charge is 2.45. The maximum absolute atomic E-state index is 11.2. The first kappa shape index (κ1) is 11.8. The summed E-state index contributed by atoms with van der Waals surface area (Å²) in [5.41, 5.74) is 0.356. The van der Waals surface area contributed by atoms with Crippen LogP contribution in [0.2, 0.25) is 0 Å². The number of carbonyl (C=O) groups excluding carboxylic acids is 1. The largest absolute Gasteiger partial charge is 0.481 e. The normalized spacial score (nSPS) is 21.9. The van der Waals surface area contributed by atoms with E-state index in [9.17, 15) is 9.59 Å². The van der Waals surface area contributed by atoms with Crippen molar-refractivity contribution in [2.45, 2.75) is 26.7 Å². The van der Waals surface area contributed by atoms with Crippen LogP contribution in [0.4, 0.5) is 4.79 Å². The number of carbonyl (C=O) groups is 2. The highest BCUT2D eigenvalue weighted by Crippen LogP contribution is 2.50. The van der Waals surface area contributed by atoms with Crippen LogP contribution >= 0.6 is 0 Å². The summed E-state index contributed by atoms with van der Waals surface area (Å²) >= 11 is 0. The van der Waals surface area contributed by atoms with E-state index in [1.54, 1.807) is 0 Å². The first-order chi connectivity index (χ1) is 6.92. The fourth-order valence-electron chi connectivity index (χ4n) is 1.49. The average molecular weight is 214 g/mol. The molecule has 15 heavy (non-hydrogen) atoms. The highest BCUT2D eigenvalue weighted by molar-refractivity contribution is 5.75. The summed E-state index contributed by atoms with van der Waals surface area (Å²) in [4.78, 5) is 21.3. The molecular formula is C10H18N2O3. The summed E-state index contributed by atoms with van der Waals surface area (Å²) in [5, 5.41) is 13.6. The summed E-state index contributed by atoms with van der Waals surface area (Å²) in [5.74, 6) is -0.346. The van der Waals surface area contributed by atoms with Crippen molar-refractivity contribution in [1.29, 1.82) is 0 Å². The predicted octanol–water partition coefficient (Wildman–Crippen LogP) is 0.806. The number of rotatable bonds is 5. The Hall–Kier alpha value is -1.26. The van der Waals surface area contributed by atoms with Crippen molar-refractivity contribution in [3.8, 4) is 0 Å². The van der Waals surface area contributed by atoms with Gasteiger partial charge in [0.25, 0.3) is 0 Å². The SMILES string of the molecule is CC1(C)CC1CNC(=O)NCCC(=O)O. The maximum atomic E-state index is 11.2. The van der Waals surface area contributed by atoms with Gasteiger partial charge in [-0.15, -0.1) is 0 Å². The first-order valence-corrected chi connectivity index (χ1v) is 5.15. The molecule has 86 valence electrons. The second-order valence-electron chi connectivity index (χ2n) is 4.67. The lowest BCUT2D eigenvalue weighted by atomic mass is 10.1. The third kappa shape index (κ3) is 4.18. The van der Waals surface area contributed by atoms with Crippen molar-refractivity contribution >= 4 is 12.0 Å². The molecule has 1 saturated carbocycles. The van der Waals surface area contributed by atoms with Gasteiger partial charge >= 0.3 is 12.0 Å². The molecule has 0 spiro atoms. The Morgan fingerprint density at radius 1 is 1.40 bits per heavy atom. The Morgan fingerprint density at radius 2 is 2.00 bits per heavy atom. The van der Waals surface area contributed by atoms with Crippen LogP contribution in [0, 0.1) is 11.3 Å². The molecule has 0 aromatic heterocycles. The number of hydrogen-bond donors (Lipinski definition) is 3. The van der Waals surface area contributed by atoms with E-state index in [2.05, 4.69) is 24.5 Å². The number of amides is 2. The molecule has 1 aliphatic rings. The van der Waals surface area contributed by atoms with E-state index in [-0.39, 0.29) is 19.0 Å². The van der Waals surface area contributed by atoms with Crippen LogP contribution in [-0.2, 0) is 4.79 Å². The van der Waals surface area contributed by atoms with Gasteiger partial charge in [-0.2, -0.15) is 0 Å². The van der Waals surface area contributed by atoms with Crippen molar-refractivity contribution in [2.75, 3.05) is 13.1 Å². The van der Waals surface area contributed by atoms with Crippen molar-refractivity contribution < 1.29 is 14.7 Å². The molecule has 5 nitrogen and oxygen atoms in total. The molecule has 1 rings (SSSR count). The third-order valence-corrected chi connectivity index (χ3v) is 2.85. The standard InChI is InChI=1S/C10H18N2O3/c1-10(2)5-7(10)6-12-9(15)11-4-3-8(13)14/h7H,3-6H2,1-2H3,(H,13,14)(H2,11,12,15). The highest BCUT2D eigenvalue weighted by atomic mass is 16.4. The number of urea groups is 1. The molecule has 1 unspecified atom stereocenters. The molecule has 1 aliphatic carbocycles. The minimum absolute atomic E-state index is 0.0393. The third-order valence-electron chi connectivity index (χ3n) is 2.85. The second kappa shape index (κ2) is 4.51. The zero-order chi connectivity index (χ0) is 11.5. The van der Waals surface area contributed by atoms with Crippen LogP contribution in [0.25, 0.3) is 0 Å². The van der Waals surface area contributed by atoms with Crippen molar-refractivity contribution in [2.24, 2.45) is 11.3 Å². The minimum Gasteiger partial charge on any atom is -0.481 e. The zero-order valence-electron chi connectivity index (χ0n) is 9.17. The molecule has 3 N–H and O–H groups in total. The lowest BCUT2D eigenvalue weighted by Crippen LogP contribution is -2.38. The summed E-state index contributed by atoms with van der Waals surface area (Å²) in [6.45, 7) is 5.19. The van der Waals surface area contributed by atoms with Crippen molar-refractivity contribution in [3.63, 3.8) is 0 Å². The molecule has 0 heterocycles. The average Bonchev–Trinajstić information content (AvgIpc) is 2.70. The second-order valence-corrected chi connectivity index (χ2v) is 4.67. The zero-order valence-corrected chi connectivity index (χ0v) is 9.17. The van der Waals surface area contributed by atoms with E-state index in [4.69, 9.17) is 5.11 Å².